The number of halogens is 4. The minimum Gasteiger partial charge on any atom is -0.488 e. The van der Waals surface area contributed by atoms with E-state index in [1.807, 2.05) is 120 Å². The fourth-order valence-corrected chi connectivity index (χ4v) is 15.5. The van der Waals surface area contributed by atoms with Crippen molar-refractivity contribution < 1.29 is 60.4 Å². The Hall–Kier alpha value is -9.83. The highest BCUT2D eigenvalue weighted by atomic mass is 19.1. The number of ether oxygens (including phenoxy) is 6. The smallest absolute Gasteiger partial charge is 0.325 e. The Kier molecular flexibility index (Phi) is 19.0. The van der Waals surface area contributed by atoms with Gasteiger partial charge in [-0.2, -0.15) is 10.2 Å². The van der Waals surface area contributed by atoms with Crippen molar-refractivity contribution in [3.63, 3.8) is 0 Å². The van der Waals surface area contributed by atoms with Crippen LogP contribution in [-0.2, 0) is 48.0 Å². The predicted octanol–water partition coefficient (Wildman–Crippen LogP) is 10.1. The SMILES string of the molecule is CC(C)N1C(=O)N(c2ccc(N3CCN(c4ccc(OC[C@H]5OC[C@](Cn6cncn6)(c6ccc(F)cc6F)O5)cc4)CC3)cc2)CC1C(C(=O)C1CC1)C1CN(c2ccc(N3CCN(c4ccc(OC[C@H]5OC[C@](Cn6cncn6)(c6ccc(F)cc6F)O5)cc4)CC3)cc2)C(=O)N1C(C)C. The molecule has 0 bridgehead atoms. The lowest BCUT2D eigenvalue weighted by Gasteiger charge is -2.39. The van der Waals surface area contributed by atoms with Gasteiger partial charge in [0, 0.05) is 141 Å². The number of carbonyl (C=O) groups is 3. The molecule has 2 aromatic heterocycles. The first kappa shape index (κ1) is 68.0. The van der Waals surface area contributed by atoms with E-state index in [4.69, 9.17) is 28.4 Å². The van der Waals surface area contributed by atoms with Crippen molar-refractivity contribution in [2.24, 2.45) is 11.8 Å². The number of ketones is 1. The molecule has 15 rings (SSSR count). The standard InChI is InChI=1S/C75H82F4N14O9/c1-49(2)92-66(37-90(72(92)95)58-13-9-54(10-14-58)84-27-31-86(32-28-84)56-17-21-60(22-18-56)97-39-68-99-43-74(101-68,41-88-47-80-45-82-88)62-25-7-52(76)35-64(62)78)70(71(94)51-5-6-51)67-38-91(73(96)93(67)50(3)4)59-15-11-55(12-16-59)85-29-33-87(34-30-85)57-19-23-61(24-20-57)98-40-69-100-44-75(102-69,42-89-48-81-46-83-89)63-26-8-53(77)36-65(63)79/h7-26,35-36,45-51,66-70H,5-6,27-34,37-44H2,1-4H3/t66?,67?,68-,69-,70?,74+,75+/m0/s1. The summed E-state index contributed by atoms with van der Waals surface area (Å²) in [5.74, 6) is -2.27. The number of carbonyl (C=O) groups excluding carboxylic acids is 3. The van der Waals surface area contributed by atoms with E-state index in [9.17, 15) is 23.2 Å². The van der Waals surface area contributed by atoms with Gasteiger partial charge >= 0.3 is 12.1 Å². The van der Waals surface area contributed by atoms with Gasteiger partial charge in [0.1, 0.15) is 90.3 Å². The van der Waals surface area contributed by atoms with Crippen LogP contribution in [0.2, 0.25) is 0 Å². The molecule has 534 valence electrons. The number of amides is 4. The van der Waals surface area contributed by atoms with Gasteiger partial charge < -0.3 is 57.8 Å². The number of hydrogen-bond acceptors (Lipinski definition) is 17. The van der Waals surface area contributed by atoms with Gasteiger partial charge in [-0.25, -0.2) is 46.5 Å². The second-order valence-corrected chi connectivity index (χ2v) is 27.9. The van der Waals surface area contributed by atoms with Crippen LogP contribution in [0, 0.1) is 35.1 Å². The van der Waals surface area contributed by atoms with Crippen LogP contribution in [0.25, 0.3) is 0 Å². The molecule has 4 amide bonds. The van der Waals surface area contributed by atoms with E-state index in [-0.39, 0.29) is 86.5 Å². The number of benzene rings is 6. The number of anilines is 6. The first-order valence-corrected chi connectivity index (χ1v) is 35.0. The Morgan fingerprint density at radius 1 is 0.500 bits per heavy atom. The Balaban J connectivity index is 0.543. The third-order valence-electron chi connectivity index (χ3n) is 20.7. The zero-order valence-electron chi connectivity index (χ0n) is 57.3. The van der Waals surface area contributed by atoms with Crippen molar-refractivity contribution >= 4 is 52.0 Å². The van der Waals surface area contributed by atoms with Crippen molar-refractivity contribution in [3.05, 3.63) is 193 Å². The van der Waals surface area contributed by atoms with Crippen molar-refractivity contribution in [1.82, 2.24) is 39.3 Å². The lowest BCUT2D eigenvalue weighted by molar-refractivity contribution is -0.127. The lowest BCUT2D eigenvalue weighted by atomic mass is 9.83. The van der Waals surface area contributed by atoms with Crippen LogP contribution in [0.3, 0.4) is 0 Å². The van der Waals surface area contributed by atoms with E-state index in [2.05, 4.69) is 64.0 Å². The number of hydrogen-bond donors (Lipinski definition) is 0. The third kappa shape index (κ3) is 13.9. The van der Waals surface area contributed by atoms with Crippen LogP contribution in [0.15, 0.2) is 159 Å². The average molecular weight is 1400 g/mol. The molecule has 8 heterocycles. The van der Waals surface area contributed by atoms with Crippen molar-refractivity contribution in [2.75, 3.05) is 121 Å². The number of piperazine rings is 2. The minimum absolute atomic E-state index is 0.00598. The maximum atomic E-state index is 15.2. The number of nitrogens with zero attached hydrogens (tertiary/aromatic N) is 14. The van der Waals surface area contributed by atoms with Crippen molar-refractivity contribution in [3.8, 4) is 11.5 Å². The van der Waals surface area contributed by atoms with Gasteiger partial charge in [-0.1, -0.05) is 12.1 Å². The molecule has 7 fully saturated rings. The van der Waals surface area contributed by atoms with Crippen LogP contribution < -0.4 is 38.9 Å². The normalized spacial score (nSPS) is 23.6. The molecular formula is C75H82F4N14O9. The fourth-order valence-electron chi connectivity index (χ4n) is 15.5. The fraction of sp³-hybridized carbons (Fsp3) is 0.427. The number of Topliss-reactive ketones (excluding diaryl/α,β-unsaturated/α-hetero) is 1. The van der Waals surface area contributed by atoms with E-state index in [1.54, 1.807) is 0 Å². The van der Waals surface area contributed by atoms with E-state index >= 15 is 8.78 Å². The average Bonchev–Trinajstić information content (AvgIpc) is 1.59. The zero-order valence-corrected chi connectivity index (χ0v) is 57.3. The summed E-state index contributed by atoms with van der Waals surface area (Å²) >= 11 is 0. The highest BCUT2D eigenvalue weighted by Gasteiger charge is 2.56. The highest BCUT2D eigenvalue weighted by Crippen LogP contribution is 2.44. The molecule has 0 spiro atoms. The topological polar surface area (TPSA) is 194 Å². The second-order valence-electron chi connectivity index (χ2n) is 27.9. The van der Waals surface area contributed by atoms with Gasteiger partial charge in [-0.3, -0.25) is 14.6 Å². The summed E-state index contributed by atoms with van der Waals surface area (Å²) in [4.78, 5) is 69.3. The number of aromatic nitrogens is 6. The van der Waals surface area contributed by atoms with Crippen LogP contribution in [0.5, 0.6) is 11.5 Å². The molecular weight excluding hydrogens is 1320 g/mol. The van der Waals surface area contributed by atoms with Crippen LogP contribution in [0.4, 0.5) is 61.3 Å². The van der Waals surface area contributed by atoms with Crippen molar-refractivity contribution in [2.45, 2.75) is 102 Å². The Bertz CT molecular complexity index is 3980. The molecule has 6 atom stereocenters. The Morgan fingerprint density at radius 2 is 0.853 bits per heavy atom. The molecule has 102 heavy (non-hydrogen) atoms. The zero-order chi connectivity index (χ0) is 70.4. The second kappa shape index (κ2) is 28.5. The molecule has 0 N–H and O–H groups in total. The van der Waals surface area contributed by atoms with Crippen LogP contribution >= 0.6 is 0 Å². The summed E-state index contributed by atoms with van der Waals surface area (Å²) in [6.45, 7) is 15.0. The van der Waals surface area contributed by atoms with E-state index < -0.39 is 65.1 Å². The highest BCUT2D eigenvalue weighted by molar-refractivity contribution is 5.99. The summed E-state index contributed by atoms with van der Waals surface area (Å²) in [7, 11) is 0. The summed E-state index contributed by atoms with van der Waals surface area (Å²) in [6.07, 6.45) is 5.68. The Labute approximate surface area is 588 Å². The molecule has 6 saturated heterocycles. The van der Waals surface area contributed by atoms with E-state index in [1.165, 1.54) is 58.9 Å². The Morgan fingerprint density at radius 3 is 1.18 bits per heavy atom. The number of urea groups is 2. The molecule has 7 aliphatic rings. The first-order valence-electron chi connectivity index (χ1n) is 35.0. The third-order valence-corrected chi connectivity index (χ3v) is 20.7. The minimum atomic E-state index is -1.28. The molecule has 27 heteroatoms. The van der Waals surface area contributed by atoms with Crippen molar-refractivity contribution in [1.29, 1.82) is 0 Å². The summed E-state index contributed by atoms with van der Waals surface area (Å²) in [5.41, 5.74) is 3.40. The summed E-state index contributed by atoms with van der Waals surface area (Å²) < 4.78 is 98.0. The maximum absolute atomic E-state index is 15.2. The first-order chi connectivity index (χ1) is 49.4. The van der Waals surface area contributed by atoms with Gasteiger partial charge in [-0.05, 0) is 150 Å². The molecule has 8 aromatic rings. The largest absolute Gasteiger partial charge is 0.488 e. The lowest BCUT2D eigenvalue weighted by Crippen LogP contribution is -2.55. The predicted molar refractivity (Wildman–Crippen MR) is 372 cm³/mol. The molecule has 6 aliphatic heterocycles. The quantitative estimate of drug-likeness (QED) is 0.0518. The van der Waals surface area contributed by atoms with E-state index in [0.29, 0.717) is 24.6 Å². The maximum Gasteiger partial charge on any atom is 0.325 e. The monoisotopic (exact) mass is 1400 g/mol. The molecule has 1 saturated carbocycles. The molecule has 0 radical (unpaired) electrons. The number of rotatable bonds is 24. The molecule has 2 unspecified atom stereocenters. The molecule has 6 aromatic carbocycles. The summed E-state index contributed by atoms with van der Waals surface area (Å²) in [6, 6.07) is 37.0. The van der Waals surface area contributed by atoms with Crippen LogP contribution in [0.1, 0.15) is 51.7 Å². The van der Waals surface area contributed by atoms with Crippen LogP contribution in [-0.4, -0.2) is 186 Å². The van der Waals surface area contributed by atoms with Gasteiger partial charge in [0.15, 0.2) is 12.6 Å². The van der Waals surface area contributed by atoms with E-state index in [0.717, 1.165) is 111 Å². The van der Waals surface area contributed by atoms with Gasteiger partial charge in [0.05, 0.1) is 44.3 Å². The summed E-state index contributed by atoms with van der Waals surface area (Å²) in [5, 5.41) is 8.34. The van der Waals surface area contributed by atoms with Gasteiger partial charge in [-0.15, -0.1) is 0 Å². The van der Waals surface area contributed by atoms with Gasteiger partial charge in [0.2, 0.25) is 0 Å². The molecule has 23 nitrogen and oxygen atoms in total. The molecule has 1 aliphatic carbocycles. The van der Waals surface area contributed by atoms with Gasteiger partial charge in [0.25, 0.3) is 0 Å².